The maximum absolute atomic E-state index is 11.8. The van der Waals surface area contributed by atoms with E-state index in [1.54, 1.807) is 6.21 Å². The van der Waals surface area contributed by atoms with Gasteiger partial charge >= 0.3 is 11.7 Å². The second-order valence-corrected chi connectivity index (χ2v) is 7.62. The molecular weight excluding hydrogens is 384 g/mol. The van der Waals surface area contributed by atoms with Crippen LogP contribution >= 0.6 is 0 Å². The first-order chi connectivity index (χ1) is 14.3. The van der Waals surface area contributed by atoms with Crippen LogP contribution in [0.4, 0.5) is 11.4 Å². The van der Waals surface area contributed by atoms with Crippen molar-refractivity contribution in [1.82, 2.24) is 0 Å². The molecule has 4 rings (SSSR count). The Bertz CT molecular complexity index is 1210. The number of fused-ring (bicyclic) bond motifs is 3. The molecule has 154 valence electrons. The molecule has 0 radical (unpaired) electrons. The fourth-order valence-electron chi connectivity index (χ4n) is 4.02. The van der Waals surface area contributed by atoms with Gasteiger partial charge in [-0.05, 0) is 44.7 Å². The smallest absolute Gasteiger partial charge is 0.316 e. The van der Waals surface area contributed by atoms with E-state index in [1.165, 1.54) is 13.0 Å². The summed E-state index contributed by atoms with van der Waals surface area (Å²) < 4.78 is 11.3. The molecule has 0 fully saturated rings. The third-order valence-electron chi connectivity index (χ3n) is 5.34. The van der Waals surface area contributed by atoms with Gasteiger partial charge in [0.05, 0.1) is 22.2 Å². The second-order valence-electron chi connectivity index (χ2n) is 7.62. The van der Waals surface area contributed by atoms with E-state index in [9.17, 15) is 14.9 Å². The molecule has 0 saturated heterocycles. The summed E-state index contributed by atoms with van der Waals surface area (Å²) in [6.07, 6.45) is 5.17. The van der Waals surface area contributed by atoms with Gasteiger partial charge in [-0.3, -0.25) is 19.9 Å². The Morgan fingerprint density at radius 2 is 2.00 bits per heavy atom. The molecule has 1 heterocycles. The Kier molecular flexibility index (Phi) is 5.11. The fraction of sp³-hybridized carbons (Fsp3) is 0.304. The lowest BCUT2D eigenvalue weighted by molar-refractivity contribution is -0.385. The molecule has 0 saturated carbocycles. The number of carbonyl (C=O) groups excluding carboxylic acids is 1. The molecule has 0 unspecified atom stereocenters. The standard InChI is InChI=1S/C23H22N2O5/c1-13-8-9-18(14(2)10-13)24-12-17-22-16-6-4-5-7-20(16)30-21(22)11-19(25(27)28)23(17)29-15(3)26/h8-12H,4-7H2,1-3H3. The largest absolute Gasteiger partial charge is 0.460 e. The number of benzene rings is 2. The lowest BCUT2D eigenvalue weighted by atomic mass is 9.93. The zero-order chi connectivity index (χ0) is 21.4. The van der Waals surface area contributed by atoms with E-state index < -0.39 is 10.9 Å². The number of carbonyl (C=O) groups is 1. The second kappa shape index (κ2) is 7.74. The van der Waals surface area contributed by atoms with Gasteiger partial charge in [-0.2, -0.15) is 0 Å². The Labute approximate surface area is 173 Å². The van der Waals surface area contributed by atoms with E-state index in [-0.39, 0.29) is 11.4 Å². The first-order valence-electron chi connectivity index (χ1n) is 9.90. The predicted molar refractivity (Wildman–Crippen MR) is 114 cm³/mol. The van der Waals surface area contributed by atoms with Crippen LogP contribution in [0.5, 0.6) is 5.75 Å². The normalized spacial score (nSPS) is 13.6. The molecule has 0 aliphatic heterocycles. The lowest BCUT2D eigenvalue weighted by Crippen LogP contribution is -2.08. The minimum absolute atomic E-state index is 0.0947. The fourth-order valence-corrected chi connectivity index (χ4v) is 4.02. The third kappa shape index (κ3) is 3.58. The number of hydrogen-bond acceptors (Lipinski definition) is 6. The van der Waals surface area contributed by atoms with Crippen molar-refractivity contribution in [2.45, 2.75) is 46.5 Å². The van der Waals surface area contributed by atoms with E-state index in [0.29, 0.717) is 11.1 Å². The van der Waals surface area contributed by atoms with Crippen LogP contribution in [-0.4, -0.2) is 17.1 Å². The van der Waals surface area contributed by atoms with Crippen LogP contribution in [0.3, 0.4) is 0 Å². The van der Waals surface area contributed by atoms with Gasteiger partial charge in [0, 0.05) is 30.5 Å². The number of aryl methyl sites for hydroxylation is 4. The van der Waals surface area contributed by atoms with Crippen LogP contribution in [0.1, 0.15) is 47.8 Å². The van der Waals surface area contributed by atoms with Crippen LogP contribution in [-0.2, 0) is 17.6 Å². The van der Waals surface area contributed by atoms with Crippen LogP contribution in [0.15, 0.2) is 33.7 Å². The first-order valence-corrected chi connectivity index (χ1v) is 9.90. The predicted octanol–water partition coefficient (Wildman–Crippen LogP) is 5.51. The molecule has 3 aromatic rings. The molecule has 30 heavy (non-hydrogen) atoms. The van der Waals surface area contributed by atoms with Crippen molar-refractivity contribution in [3.05, 3.63) is 62.4 Å². The number of rotatable bonds is 4. The molecule has 7 heteroatoms. The van der Waals surface area contributed by atoms with E-state index >= 15 is 0 Å². The summed E-state index contributed by atoms with van der Waals surface area (Å²) in [5, 5.41) is 12.5. The number of furan rings is 1. The molecule has 0 spiro atoms. The van der Waals surface area contributed by atoms with Crippen molar-refractivity contribution in [1.29, 1.82) is 0 Å². The molecule has 1 aliphatic rings. The topological polar surface area (TPSA) is 94.9 Å². The maximum Gasteiger partial charge on any atom is 0.316 e. The van der Waals surface area contributed by atoms with Crippen molar-refractivity contribution < 1.29 is 18.9 Å². The minimum atomic E-state index is -0.629. The highest BCUT2D eigenvalue weighted by molar-refractivity contribution is 6.06. The van der Waals surface area contributed by atoms with Crippen molar-refractivity contribution in [2.75, 3.05) is 0 Å². The molecule has 2 aromatic carbocycles. The third-order valence-corrected chi connectivity index (χ3v) is 5.34. The molecule has 0 atom stereocenters. The molecule has 1 aliphatic carbocycles. The highest BCUT2D eigenvalue weighted by Gasteiger charge is 2.29. The van der Waals surface area contributed by atoms with Gasteiger partial charge in [-0.25, -0.2) is 0 Å². The first kappa shape index (κ1) is 19.8. The summed E-state index contributed by atoms with van der Waals surface area (Å²) in [6.45, 7) is 5.18. The van der Waals surface area contributed by atoms with Crippen molar-refractivity contribution in [2.24, 2.45) is 4.99 Å². The number of esters is 1. The zero-order valence-corrected chi connectivity index (χ0v) is 17.2. The molecule has 0 N–H and O–H groups in total. The number of nitro benzene ring substituents is 1. The number of nitro groups is 1. The van der Waals surface area contributed by atoms with Crippen LogP contribution < -0.4 is 4.74 Å². The Morgan fingerprint density at radius 1 is 1.23 bits per heavy atom. The van der Waals surface area contributed by atoms with E-state index in [1.807, 2.05) is 32.0 Å². The Balaban J connectivity index is 2.00. The summed E-state index contributed by atoms with van der Waals surface area (Å²) in [6, 6.07) is 7.21. The summed E-state index contributed by atoms with van der Waals surface area (Å²) in [5.41, 5.74) is 4.37. The van der Waals surface area contributed by atoms with Crippen LogP contribution in [0.25, 0.3) is 11.0 Å². The SMILES string of the molecule is CC(=O)Oc1c([N+](=O)[O-])cc2oc3c(c2c1C=Nc1ccc(C)cc1C)CCCC3. The van der Waals surface area contributed by atoms with Gasteiger partial charge in [0.25, 0.3) is 0 Å². The summed E-state index contributed by atoms with van der Waals surface area (Å²) >= 11 is 0. The van der Waals surface area contributed by atoms with Crippen molar-refractivity contribution >= 4 is 34.5 Å². The molecule has 0 bridgehead atoms. The van der Waals surface area contributed by atoms with Gasteiger partial charge in [0.15, 0.2) is 0 Å². The number of hydrogen-bond donors (Lipinski definition) is 0. The van der Waals surface area contributed by atoms with Crippen LogP contribution in [0, 0.1) is 24.0 Å². The van der Waals surface area contributed by atoms with E-state index in [0.717, 1.165) is 59.2 Å². The monoisotopic (exact) mass is 406 g/mol. The van der Waals surface area contributed by atoms with Crippen molar-refractivity contribution in [3.63, 3.8) is 0 Å². The van der Waals surface area contributed by atoms with E-state index in [4.69, 9.17) is 9.15 Å². The van der Waals surface area contributed by atoms with Gasteiger partial charge in [-0.15, -0.1) is 0 Å². The highest BCUT2D eigenvalue weighted by atomic mass is 16.6. The lowest BCUT2D eigenvalue weighted by Gasteiger charge is -2.11. The number of ether oxygens (including phenoxy) is 1. The average Bonchev–Trinajstić information content (AvgIpc) is 3.05. The Morgan fingerprint density at radius 3 is 2.70 bits per heavy atom. The average molecular weight is 406 g/mol. The number of aliphatic imine (C=N–C) groups is 1. The van der Waals surface area contributed by atoms with Gasteiger partial charge < -0.3 is 9.15 Å². The van der Waals surface area contributed by atoms with Crippen LogP contribution in [0.2, 0.25) is 0 Å². The molecular formula is C23H22N2O5. The van der Waals surface area contributed by atoms with Crippen molar-refractivity contribution in [3.8, 4) is 5.75 Å². The quantitative estimate of drug-likeness (QED) is 0.187. The van der Waals surface area contributed by atoms with Gasteiger partial charge in [0.2, 0.25) is 5.75 Å². The van der Waals surface area contributed by atoms with Gasteiger partial charge in [-0.1, -0.05) is 17.7 Å². The highest BCUT2D eigenvalue weighted by Crippen LogP contribution is 2.42. The molecule has 1 aromatic heterocycles. The summed E-state index contributed by atoms with van der Waals surface area (Å²) in [5.74, 6) is 0.116. The summed E-state index contributed by atoms with van der Waals surface area (Å²) in [4.78, 5) is 27.5. The molecule has 7 nitrogen and oxygen atoms in total. The van der Waals surface area contributed by atoms with Gasteiger partial charge in [0.1, 0.15) is 11.3 Å². The zero-order valence-electron chi connectivity index (χ0n) is 17.2. The number of nitrogens with zero attached hydrogens (tertiary/aromatic N) is 2. The maximum atomic E-state index is 11.8. The molecule has 0 amide bonds. The Hall–Kier alpha value is -3.48. The summed E-state index contributed by atoms with van der Waals surface area (Å²) in [7, 11) is 0. The minimum Gasteiger partial charge on any atom is -0.460 e. The van der Waals surface area contributed by atoms with E-state index in [2.05, 4.69) is 4.99 Å².